The third-order valence-corrected chi connectivity index (χ3v) is 5.49. The first-order chi connectivity index (χ1) is 14.3. The number of hydrogen-bond acceptors (Lipinski definition) is 5. The first-order valence-electron chi connectivity index (χ1n) is 9.71. The summed E-state index contributed by atoms with van der Waals surface area (Å²) in [7, 11) is 1.53. The summed E-state index contributed by atoms with van der Waals surface area (Å²) in [5, 5.41) is 4.19. The van der Waals surface area contributed by atoms with Crippen LogP contribution in [0.2, 0.25) is 0 Å². The molecule has 162 valence electrons. The second-order valence-corrected chi connectivity index (χ2v) is 7.54. The van der Waals surface area contributed by atoms with Crippen molar-refractivity contribution in [1.29, 1.82) is 0 Å². The summed E-state index contributed by atoms with van der Waals surface area (Å²) in [6.07, 6.45) is -4.53. The molecule has 3 heterocycles. The van der Waals surface area contributed by atoms with Gasteiger partial charge in [-0.25, -0.2) is 4.68 Å². The molecule has 0 saturated carbocycles. The molecule has 1 unspecified atom stereocenters. The molecule has 2 atom stereocenters. The Labute approximate surface area is 172 Å². The van der Waals surface area contributed by atoms with Gasteiger partial charge in [-0.15, -0.1) is 0 Å². The molecule has 0 bridgehead atoms. The molecule has 0 N–H and O–H groups in total. The minimum Gasteiger partial charge on any atom is -0.497 e. The lowest BCUT2D eigenvalue weighted by Crippen LogP contribution is -2.47. The van der Waals surface area contributed by atoms with Crippen LogP contribution in [-0.4, -0.2) is 66.2 Å². The van der Waals surface area contributed by atoms with Gasteiger partial charge in [0.05, 0.1) is 32.9 Å². The highest BCUT2D eigenvalue weighted by Crippen LogP contribution is 2.37. The molecule has 1 fully saturated rings. The van der Waals surface area contributed by atoms with E-state index in [0.29, 0.717) is 31.3 Å². The van der Waals surface area contributed by atoms with Crippen molar-refractivity contribution in [2.75, 3.05) is 38.3 Å². The number of aromatic nitrogens is 2. The van der Waals surface area contributed by atoms with Crippen LogP contribution in [0.25, 0.3) is 0 Å². The number of alkyl halides is 3. The summed E-state index contributed by atoms with van der Waals surface area (Å²) in [4.78, 5) is 16.1. The normalized spacial score (nSPS) is 22.2. The SMILES string of the molecule is COc1ccc(CN2CC(C(F)(F)F)n3nc(N4CCOC[C@H]4C)cc3C2=O)cc1. The zero-order valence-electron chi connectivity index (χ0n) is 16.7. The van der Waals surface area contributed by atoms with Gasteiger partial charge in [-0.1, -0.05) is 12.1 Å². The molecular formula is C20H23F3N4O3. The summed E-state index contributed by atoms with van der Waals surface area (Å²) in [5.74, 6) is 0.542. The number of methoxy groups -OCH3 is 1. The molecule has 2 aliphatic rings. The van der Waals surface area contributed by atoms with Crippen LogP contribution in [-0.2, 0) is 11.3 Å². The molecule has 2 aliphatic heterocycles. The van der Waals surface area contributed by atoms with Crippen molar-refractivity contribution >= 4 is 11.7 Å². The molecule has 2 aromatic rings. The fourth-order valence-corrected chi connectivity index (χ4v) is 3.85. The first kappa shape index (κ1) is 20.5. The summed E-state index contributed by atoms with van der Waals surface area (Å²) in [5.41, 5.74) is 0.672. The van der Waals surface area contributed by atoms with Crippen molar-refractivity contribution in [2.24, 2.45) is 0 Å². The van der Waals surface area contributed by atoms with Gasteiger partial charge in [-0.2, -0.15) is 18.3 Å². The van der Waals surface area contributed by atoms with E-state index in [2.05, 4.69) is 5.10 Å². The highest BCUT2D eigenvalue weighted by molar-refractivity contribution is 5.94. The maximum atomic E-state index is 13.8. The molecule has 0 spiro atoms. The van der Waals surface area contributed by atoms with E-state index in [9.17, 15) is 18.0 Å². The largest absolute Gasteiger partial charge is 0.497 e. The van der Waals surface area contributed by atoms with Gasteiger partial charge >= 0.3 is 6.18 Å². The Morgan fingerprint density at radius 3 is 2.63 bits per heavy atom. The number of nitrogens with zero attached hydrogens (tertiary/aromatic N) is 4. The van der Waals surface area contributed by atoms with Crippen LogP contribution < -0.4 is 9.64 Å². The smallest absolute Gasteiger partial charge is 0.412 e. The zero-order chi connectivity index (χ0) is 21.5. The molecular weight excluding hydrogens is 401 g/mol. The van der Waals surface area contributed by atoms with Crippen molar-refractivity contribution in [3.05, 3.63) is 41.6 Å². The average Bonchev–Trinajstić information content (AvgIpc) is 3.15. The fourth-order valence-electron chi connectivity index (χ4n) is 3.85. The third-order valence-electron chi connectivity index (χ3n) is 5.49. The molecule has 0 radical (unpaired) electrons. The van der Waals surface area contributed by atoms with E-state index < -0.39 is 24.7 Å². The van der Waals surface area contributed by atoms with Crippen LogP contribution in [0, 0.1) is 0 Å². The van der Waals surface area contributed by atoms with Gasteiger partial charge in [0.1, 0.15) is 11.4 Å². The fraction of sp³-hybridized carbons (Fsp3) is 0.500. The van der Waals surface area contributed by atoms with Crippen molar-refractivity contribution in [3.8, 4) is 5.75 Å². The molecule has 1 saturated heterocycles. The number of morpholine rings is 1. The summed E-state index contributed by atoms with van der Waals surface area (Å²) in [6, 6.07) is 6.44. The zero-order valence-corrected chi connectivity index (χ0v) is 16.7. The van der Waals surface area contributed by atoms with E-state index >= 15 is 0 Å². The molecule has 0 aliphatic carbocycles. The summed E-state index contributed by atoms with van der Waals surface area (Å²) in [6.45, 7) is 2.94. The van der Waals surface area contributed by atoms with Crippen LogP contribution in [0.4, 0.5) is 19.0 Å². The standard InChI is InChI=1S/C20H23F3N4O3/c1-13-12-30-8-7-26(13)18-9-16-19(28)25(10-14-3-5-15(29-2)6-4-14)11-17(20(21,22)23)27(16)24-18/h3-6,9,13,17H,7-8,10-12H2,1-2H3/t13-,17?/m1/s1. The molecule has 1 aromatic heterocycles. The Bertz CT molecular complexity index is 913. The number of carbonyl (C=O) groups excluding carboxylic acids is 1. The molecule has 1 amide bonds. The van der Waals surface area contributed by atoms with Crippen LogP contribution >= 0.6 is 0 Å². The van der Waals surface area contributed by atoms with Gasteiger partial charge in [0.25, 0.3) is 5.91 Å². The Balaban J connectivity index is 1.65. The highest BCUT2D eigenvalue weighted by atomic mass is 19.4. The number of hydrogen-bond donors (Lipinski definition) is 0. The molecule has 10 heteroatoms. The number of carbonyl (C=O) groups is 1. The average molecular weight is 424 g/mol. The predicted octanol–water partition coefficient (Wildman–Crippen LogP) is 2.88. The molecule has 30 heavy (non-hydrogen) atoms. The Hall–Kier alpha value is -2.75. The molecule has 7 nitrogen and oxygen atoms in total. The Morgan fingerprint density at radius 1 is 1.27 bits per heavy atom. The van der Waals surface area contributed by atoms with Crippen LogP contribution in [0.1, 0.15) is 29.0 Å². The Kier molecular flexibility index (Phi) is 5.35. The number of halogens is 3. The number of benzene rings is 1. The predicted molar refractivity (Wildman–Crippen MR) is 103 cm³/mol. The first-order valence-corrected chi connectivity index (χ1v) is 9.71. The van der Waals surface area contributed by atoms with E-state index in [1.54, 1.807) is 24.3 Å². The van der Waals surface area contributed by atoms with Crippen LogP contribution in [0.3, 0.4) is 0 Å². The lowest BCUT2D eigenvalue weighted by atomic mass is 10.1. The lowest BCUT2D eigenvalue weighted by Gasteiger charge is -2.34. The minimum atomic E-state index is -4.53. The number of anilines is 1. The van der Waals surface area contributed by atoms with E-state index in [1.165, 1.54) is 18.1 Å². The molecule has 4 rings (SSSR count). The topological polar surface area (TPSA) is 59.8 Å². The quantitative estimate of drug-likeness (QED) is 0.756. The number of rotatable bonds is 4. The maximum Gasteiger partial charge on any atom is 0.412 e. The van der Waals surface area contributed by atoms with Crippen LogP contribution in [0.5, 0.6) is 5.75 Å². The van der Waals surface area contributed by atoms with Gasteiger partial charge in [0, 0.05) is 19.2 Å². The monoisotopic (exact) mass is 424 g/mol. The highest BCUT2D eigenvalue weighted by Gasteiger charge is 2.48. The summed E-state index contributed by atoms with van der Waals surface area (Å²) >= 11 is 0. The van der Waals surface area contributed by atoms with Gasteiger partial charge in [-0.3, -0.25) is 4.79 Å². The van der Waals surface area contributed by atoms with Crippen molar-refractivity contribution in [2.45, 2.75) is 31.7 Å². The second kappa shape index (κ2) is 7.82. The third kappa shape index (κ3) is 3.83. The van der Waals surface area contributed by atoms with Crippen molar-refractivity contribution < 1.29 is 27.4 Å². The Morgan fingerprint density at radius 2 is 2.00 bits per heavy atom. The maximum absolute atomic E-state index is 13.8. The van der Waals surface area contributed by atoms with E-state index in [4.69, 9.17) is 9.47 Å². The molecule has 1 aromatic carbocycles. The van der Waals surface area contributed by atoms with Crippen LogP contribution in [0.15, 0.2) is 30.3 Å². The van der Waals surface area contributed by atoms with Crippen molar-refractivity contribution in [1.82, 2.24) is 14.7 Å². The number of fused-ring (bicyclic) bond motifs is 1. The minimum absolute atomic E-state index is 0.0365. The lowest BCUT2D eigenvalue weighted by molar-refractivity contribution is -0.175. The van der Waals surface area contributed by atoms with Gasteiger partial charge in [0.2, 0.25) is 0 Å². The summed E-state index contributed by atoms with van der Waals surface area (Å²) < 4.78 is 52.8. The second-order valence-electron chi connectivity index (χ2n) is 7.54. The number of amides is 1. The van der Waals surface area contributed by atoms with Gasteiger partial charge in [0.15, 0.2) is 11.9 Å². The van der Waals surface area contributed by atoms with Gasteiger partial charge < -0.3 is 19.3 Å². The van der Waals surface area contributed by atoms with E-state index in [1.807, 2.05) is 11.8 Å². The van der Waals surface area contributed by atoms with Gasteiger partial charge in [-0.05, 0) is 24.6 Å². The van der Waals surface area contributed by atoms with E-state index in [0.717, 1.165) is 10.2 Å². The van der Waals surface area contributed by atoms with Crippen molar-refractivity contribution in [3.63, 3.8) is 0 Å². The van der Waals surface area contributed by atoms with E-state index in [-0.39, 0.29) is 18.3 Å². The number of ether oxygens (including phenoxy) is 2.